The molecule has 1 aliphatic rings. The Labute approximate surface area is 167 Å². The molecule has 1 unspecified atom stereocenters. The number of nitrogens with one attached hydrogen (secondary N) is 1. The van der Waals surface area contributed by atoms with Gasteiger partial charge in [0.05, 0.1) is 11.9 Å². The normalized spacial score (nSPS) is 16.6. The van der Waals surface area contributed by atoms with E-state index in [1.54, 1.807) is 0 Å². The number of benzene rings is 1. The summed E-state index contributed by atoms with van der Waals surface area (Å²) >= 11 is 0. The molecule has 0 radical (unpaired) electrons. The van der Waals surface area contributed by atoms with E-state index in [2.05, 4.69) is 38.1 Å². The lowest BCUT2D eigenvalue weighted by Gasteiger charge is -2.18. The van der Waals surface area contributed by atoms with E-state index < -0.39 is 10.0 Å². The van der Waals surface area contributed by atoms with Crippen molar-refractivity contribution in [3.8, 4) is 0 Å². The van der Waals surface area contributed by atoms with Crippen molar-refractivity contribution in [1.29, 1.82) is 0 Å². The molecule has 0 saturated carbocycles. The van der Waals surface area contributed by atoms with Crippen LogP contribution in [0.3, 0.4) is 0 Å². The topological polar surface area (TPSA) is 63.8 Å². The molecule has 1 aromatic carbocycles. The standard InChI is InChI=1S/C21H29N3O3S/c1-17(2)19-8-6-18(7-9-19)14-22(3)16-23-15-20(10-11-21(23)25)28(26,27)24-12-4-5-13-24/h6-11,15,17H,4-5,12-14,16H2,1-3H3/p+1. The summed E-state index contributed by atoms with van der Waals surface area (Å²) in [5, 5.41) is 0. The molecule has 0 spiro atoms. The van der Waals surface area contributed by atoms with E-state index >= 15 is 0 Å². The Balaban J connectivity index is 1.73. The van der Waals surface area contributed by atoms with Crippen LogP contribution in [-0.2, 0) is 23.2 Å². The third-order valence-electron chi connectivity index (χ3n) is 5.25. The maximum absolute atomic E-state index is 12.8. The number of aromatic nitrogens is 1. The third kappa shape index (κ3) is 4.71. The van der Waals surface area contributed by atoms with Crippen LogP contribution >= 0.6 is 0 Å². The summed E-state index contributed by atoms with van der Waals surface area (Å²) in [6, 6.07) is 11.3. The van der Waals surface area contributed by atoms with Crippen LogP contribution in [0.4, 0.5) is 0 Å². The van der Waals surface area contributed by atoms with Gasteiger partial charge < -0.3 is 4.90 Å². The van der Waals surface area contributed by atoms with E-state index in [1.165, 1.54) is 38.3 Å². The van der Waals surface area contributed by atoms with E-state index in [1.807, 2.05) is 7.05 Å². The number of pyridine rings is 1. The first-order valence-electron chi connectivity index (χ1n) is 9.88. The van der Waals surface area contributed by atoms with Gasteiger partial charge in [-0.25, -0.2) is 8.42 Å². The van der Waals surface area contributed by atoms with E-state index in [9.17, 15) is 13.2 Å². The van der Waals surface area contributed by atoms with Crippen LogP contribution in [0.1, 0.15) is 43.7 Å². The van der Waals surface area contributed by atoms with Crippen molar-refractivity contribution < 1.29 is 13.3 Å². The molecule has 1 atom stereocenters. The van der Waals surface area contributed by atoms with Crippen molar-refractivity contribution in [3.63, 3.8) is 0 Å². The summed E-state index contributed by atoms with van der Waals surface area (Å²) in [7, 11) is -1.52. The Morgan fingerprint density at radius 3 is 2.29 bits per heavy atom. The molecule has 2 heterocycles. The number of nitrogens with zero attached hydrogens (tertiary/aromatic N) is 2. The fourth-order valence-electron chi connectivity index (χ4n) is 3.58. The SMILES string of the molecule is CC(C)c1ccc(C[NH+](C)Cn2cc(S(=O)(=O)N3CCCC3)ccc2=O)cc1. The van der Waals surface area contributed by atoms with Crippen LogP contribution < -0.4 is 10.5 Å². The molecule has 1 aromatic heterocycles. The zero-order valence-electron chi connectivity index (χ0n) is 16.9. The molecule has 1 N–H and O–H groups in total. The van der Waals surface area contributed by atoms with Gasteiger partial charge in [-0.3, -0.25) is 9.36 Å². The van der Waals surface area contributed by atoms with Gasteiger partial charge in [-0.05, 0) is 30.4 Å². The summed E-state index contributed by atoms with van der Waals surface area (Å²) in [6.45, 7) is 6.62. The summed E-state index contributed by atoms with van der Waals surface area (Å²) in [5.74, 6) is 0.498. The first-order chi connectivity index (χ1) is 13.3. The molecule has 0 aliphatic carbocycles. The lowest BCUT2D eigenvalue weighted by Crippen LogP contribution is -3.07. The second kappa shape index (κ2) is 8.59. The van der Waals surface area contributed by atoms with Crippen molar-refractivity contribution >= 4 is 10.0 Å². The molecule has 1 saturated heterocycles. The Morgan fingerprint density at radius 2 is 1.68 bits per heavy atom. The number of hydrogen-bond donors (Lipinski definition) is 1. The molecule has 28 heavy (non-hydrogen) atoms. The number of hydrogen-bond acceptors (Lipinski definition) is 3. The van der Waals surface area contributed by atoms with Crippen LogP contribution in [-0.4, -0.2) is 37.4 Å². The van der Waals surface area contributed by atoms with Gasteiger partial charge >= 0.3 is 0 Å². The summed E-state index contributed by atoms with van der Waals surface area (Å²) < 4.78 is 28.5. The van der Waals surface area contributed by atoms with Gasteiger partial charge in [0.15, 0.2) is 6.67 Å². The Morgan fingerprint density at radius 1 is 1.04 bits per heavy atom. The molecule has 0 amide bonds. The monoisotopic (exact) mass is 404 g/mol. The minimum atomic E-state index is -3.52. The van der Waals surface area contributed by atoms with Crippen molar-refractivity contribution in [3.05, 3.63) is 64.1 Å². The average Bonchev–Trinajstić information content (AvgIpc) is 3.19. The van der Waals surface area contributed by atoms with E-state index in [4.69, 9.17) is 0 Å². The van der Waals surface area contributed by atoms with Crippen LogP contribution in [0.15, 0.2) is 52.3 Å². The van der Waals surface area contributed by atoms with Gasteiger partial charge in [0, 0.05) is 30.9 Å². The molecular formula is C21H30N3O3S+. The summed E-state index contributed by atoms with van der Waals surface area (Å²) in [4.78, 5) is 13.6. The van der Waals surface area contributed by atoms with Gasteiger partial charge in [0.1, 0.15) is 6.54 Å². The molecule has 1 fully saturated rings. The molecule has 3 rings (SSSR count). The van der Waals surface area contributed by atoms with Gasteiger partial charge in [-0.1, -0.05) is 38.1 Å². The van der Waals surface area contributed by atoms with E-state index in [-0.39, 0.29) is 10.5 Å². The Bertz CT molecular complexity index is 959. The van der Waals surface area contributed by atoms with Crippen molar-refractivity contribution in [2.24, 2.45) is 0 Å². The van der Waals surface area contributed by atoms with E-state index in [0.717, 1.165) is 24.3 Å². The van der Waals surface area contributed by atoms with Crippen molar-refractivity contribution in [2.45, 2.75) is 50.7 Å². The van der Waals surface area contributed by atoms with Gasteiger partial charge in [0.25, 0.3) is 5.56 Å². The first kappa shape index (κ1) is 20.8. The maximum atomic E-state index is 12.8. The fraction of sp³-hybridized carbons (Fsp3) is 0.476. The summed E-state index contributed by atoms with van der Waals surface area (Å²) in [5.41, 5.74) is 2.31. The van der Waals surface area contributed by atoms with Crippen LogP contribution in [0.25, 0.3) is 0 Å². The molecule has 7 heteroatoms. The highest BCUT2D eigenvalue weighted by Gasteiger charge is 2.27. The lowest BCUT2D eigenvalue weighted by molar-refractivity contribution is -0.917. The maximum Gasteiger partial charge on any atom is 0.254 e. The molecule has 0 bridgehead atoms. The summed E-state index contributed by atoms with van der Waals surface area (Å²) in [6.07, 6.45) is 3.27. The number of quaternary nitrogens is 1. The predicted molar refractivity (Wildman–Crippen MR) is 110 cm³/mol. The van der Waals surface area contributed by atoms with Crippen molar-refractivity contribution in [1.82, 2.24) is 8.87 Å². The predicted octanol–water partition coefficient (Wildman–Crippen LogP) is 1.43. The molecular weight excluding hydrogens is 374 g/mol. The van der Waals surface area contributed by atoms with E-state index in [0.29, 0.717) is 25.7 Å². The van der Waals surface area contributed by atoms with Crippen LogP contribution in [0.5, 0.6) is 0 Å². The molecule has 152 valence electrons. The molecule has 6 nitrogen and oxygen atoms in total. The largest absolute Gasteiger partial charge is 0.316 e. The van der Waals surface area contributed by atoms with Gasteiger partial charge in [0.2, 0.25) is 10.0 Å². The lowest BCUT2D eigenvalue weighted by atomic mass is 10.0. The number of sulfonamides is 1. The van der Waals surface area contributed by atoms with Gasteiger partial charge in [-0.2, -0.15) is 4.31 Å². The fourth-order valence-corrected chi connectivity index (χ4v) is 5.12. The Kier molecular flexibility index (Phi) is 6.37. The molecule has 1 aliphatic heterocycles. The highest BCUT2D eigenvalue weighted by molar-refractivity contribution is 7.89. The quantitative estimate of drug-likeness (QED) is 0.759. The smallest absolute Gasteiger partial charge is 0.254 e. The minimum absolute atomic E-state index is 0.185. The van der Waals surface area contributed by atoms with Gasteiger partial charge in [-0.15, -0.1) is 0 Å². The zero-order chi connectivity index (χ0) is 20.3. The Hall–Kier alpha value is -1.96. The second-order valence-corrected chi connectivity index (χ2v) is 9.91. The second-order valence-electron chi connectivity index (χ2n) is 7.97. The van der Waals surface area contributed by atoms with Crippen LogP contribution in [0.2, 0.25) is 0 Å². The highest BCUT2D eigenvalue weighted by atomic mass is 32.2. The van der Waals surface area contributed by atoms with Crippen molar-refractivity contribution in [2.75, 3.05) is 20.1 Å². The third-order valence-corrected chi connectivity index (χ3v) is 7.13. The molecule has 2 aromatic rings. The minimum Gasteiger partial charge on any atom is -0.316 e. The zero-order valence-corrected chi connectivity index (χ0v) is 17.7. The van der Waals surface area contributed by atoms with Crippen LogP contribution in [0, 0.1) is 0 Å². The first-order valence-corrected chi connectivity index (χ1v) is 11.3. The highest BCUT2D eigenvalue weighted by Crippen LogP contribution is 2.19. The number of rotatable bonds is 7. The average molecular weight is 405 g/mol.